The van der Waals surface area contributed by atoms with Crippen LogP contribution in [-0.2, 0) is 4.74 Å². The number of benzene rings is 1. The van der Waals surface area contributed by atoms with Gasteiger partial charge in [0.05, 0.1) is 5.69 Å². The van der Waals surface area contributed by atoms with Gasteiger partial charge in [0.1, 0.15) is 11.4 Å². The van der Waals surface area contributed by atoms with Crippen LogP contribution in [0.5, 0.6) is 0 Å². The van der Waals surface area contributed by atoms with Gasteiger partial charge in [-0.3, -0.25) is 4.79 Å². The summed E-state index contributed by atoms with van der Waals surface area (Å²) < 4.78 is 20.0. The molecule has 1 aromatic heterocycles. The number of nitrogens with zero attached hydrogens (tertiary/aromatic N) is 4. The Morgan fingerprint density at radius 2 is 1.80 bits per heavy atom. The van der Waals surface area contributed by atoms with Crippen LogP contribution in [0.15, 0.2) is 36.5 Å². The van der Waals surface area contributed by atoms with Gasteiger partial charge in [0.15, 0.2) is 5.69 Å². The Bertz CT molecular complexity index is 881. The van der Waals surface area contributed by atoms with Crippen LogP contribution in [0.4, 0.5) is 9.18 Å². The van der Waals surface area contributed by atoms with Gasteiger partial charge in [0.2, 0.25) is 0 Å². The van der Waals surface area contributed by atoms with E-state index in [0.29, 0.717) is 36.9 Å². The zero-order valence-electron chi connectivity index (χ0n) is 18.0. The highest BCUT2D eigenvalue weighted by atomic mass is 19.1. The zero-order chi connectivity index (χ0) is 21.9. The molecule has 0 radical (unpaired) electrons. The molecule has 1 fully saturated rings. The van der Waals surface area contributed by atoms with Gasteiger partial charge in [0.25, 0.3) is 5.91 Å². The van der Waals surface area contributed by atoms with Gasteiger partial charge in [-0.15, -0.1) is 0 Å². The first-order valence-electron chi connectivity index (χ1n) is 10.2. The number of hydrogen-bond donors (Lipinski definition) is 0. The molecule has 1 saturated heterocycles. The van der Waals surface area contributed by atoms with Gasteiger partial charge >= 0.3 is 6.09 Å². The fraction of sp³-hybridized carbons (Fsp3) is 0.500. The molecule has 0 saturated carbocycles. The Labute approximate surface area is 176 Å². The van der Waals surface area contributed by atoms with Crippen molar-refractivity contribution in [2.75, 3.05) is 26.7 Å². The number of rotatable bonds is 4. The molecule has 3 rings (SSSR count). The third kappa shape index (κ3) is 5.58. The minimum Gasteiger partial charge on any atom is -0.444 e. The van der Waals surface area contributed by atoms with E-state index in [1.165, 1.54) is 12.1 Å². The lowest BCUT2D eigenvalue weighted by Crippen LogP contribution is -2.43. The van der Waals surface area contributed by atoms with E-state index in [1.807, 2.05) is 20.8 Å². The SMILES string of the molecule is CN(CC1CCN(C(=O)c2ccn(-c3ccc(F)cc3)n2)CC1)C(=O)OC(C)(C)C. The van der Waals surface area contributed by atoms with Crippen LogP contribution in [-0.4, -0.2) is 63.9 Å². The summed E-state index contributed by atoms with van der Waals surface area (Å²) in [5.41, 5.74) is 0.543. The Morgan fingerprint density at radius 1 is 1.17 bits per heavy atom. The van der Waals surface area contributed by atoms with E-state index in [-0.39, 0.29) is 17.8 Å². The van der Waals surface area contributed by atoms with Crippen LogP contribution < -0.4 is 0 Å². The highest BCUT2D eigenvalue weighted by molar-refractivity contribution is 5.92. The van der Waals surface area contributed by atoms with Crippen LogP contribution >= 0.6 is 0 Å². The normalized spacial score (nSPS) is 15.2. The minimum absolute atomic E-state index is 0.116. The number of carbonyl (C=O) groups excluding carboxylic acids is 2. The quantitative estimate of drug-likeness (QED) is 0.762. The first kappa shape index (κ1) is 21.8. The van der Waals surface area contributed by atoms with E-state index in [2.05, 4.69) is 5.10 Å². The number of likely N-dealkylation sites (tertiary alicyclic amines) is 1. The maximum absolute atomic E-state index is 13.1. The van der Waals surface area contributed by atoms with Crippen molar-refractivity contribution in [2.45, 2.75) is 39.2 Å². The van der Waals surface area contributed by atoms with Crippen molar-refractivity contribution in [3.8, 4) is 5.69 Å². The maximum atomic E-state index is 13.1. The highest BCUT2D eigenvalue weighted by Gasteiger charge is 2.27. The summed E-state index contributed by atoms with van der Waals surface area (Å²) in [7, 11) is 1.74. The fourth-order valence-corrected chi connectivity index (χ4v) is 3.46. The molecule has 7 nitrogen and oxygen atoms in total. The van der Waals surface area contributed by atoms with Crippen molar-refractivity contribution in [3.05, 3.63) is 48.0 Å². The minimum atomic E-state index is -0.515. The van der Waals surface area contributed by atoms with Crippen molar-refractivity contribution in [1.29, 1.82) is 0 Å². The van der Waals surface area contributed by atoms with Crippen LogP contribution in [0.1, 0.15) is 44.1 Å². The van der Waals surface area contributed by atoms with Crippen LogP contribution in [0.3, 0.4) is 0 Å². The van der Waals surface area contributed by atoms with E-state index < -0.39 is 5.60 Å². The Balaban J connectivity index is 1.52. The molecule has 0 aliphatic carbocycles. The summed E-state index contributed by atoms with van der Waals surface area (Å²) in [5, 5.41) is 4.34. The number of halogens is 1. The molecule has 0 atom stereocenters. The average Bonchev–Trinajstić information content (AvgIpc) is 3.17. The summed E-state index contributed by atoms with van der Waals surface area (Å²) in [4.78, 5) is 28.3. The van der Waals surface area contributed by atoms with Gasteiger partial charge < -0.3 is 14.5 Å². The molecule has 30 heavy (non-hydrogen) atoms. The Kier molecular flexibility index (Phi) is 6.43. The van der Waals surface area contributed by atoms with Crippen molar-refractivity contribution < 1.29 is 18.7 Å². The average molecular weight is 416 g/mol. The number of aromatic nitrogens is 2. The second-order valence-corrected chi connectivity index (χ2v) is 8.72. The molecule has 2 aromatic rings. The van der Waals surface area contributed by atoms with Gasteiger partial charge in [-0.2, -0.15) is 5.10 Å². The molecule has 0 spiro atoms. The Hall–Kier alpha value is -2.90. The molecule has 2 amide bonds. The molecule has 1 aliphatic heterocycles. The fourth-order valence-electron chi connectivity index (χ4n) is 3.46. The highest BCUT2D eigenvalue weighted by Crippen LogP contribution is 2.21. The van der Waals surface area contributed by atoms with Crippen molar-refractivity contribution >= 4 is 12.0 Å². The van der Waals surface area contributed by atoms with E-state index in [4.69, 9.17) is 4.74 Å². The van der Waals surface area contributed by atoms with E-state index in [0.717, 1.165) is 12.8 Å². The molecule has 1 aliphatic rings. The smallest absolute Gasteiger partial charge is 0.410 e. The van der Waals surface area contributed by atoms with Crippen LogP contribution in [0.25, 0.3) is 5.69 Å². The van der Waals surface area contributed by atoms with E-state index >= 15 is 0 Å². The molecule has 0 unspecified atom stereocenters. The molecular weight excluding hydrogens is 387 g/mol. The third-order valence-electron chi connectivity index (χ3n) is 5.04. The molecule has 0 N–H and O–H groups in total. The van der Waals surface area contributed by atoms with E-state index in [1.54, 1.807) is 45.9 Å². The summed E-state index contributed by atoms with van der Waals surface area (Å²) in [6, 6.07) is 7.62. The van der Waals surface area contributed by atoms with Crippen molar-refractivity contribution in [1.82, 2.24) is 19.6 Å². The van der Waals surface area contributed by atoms with Gasteiger partial charge in [0, 0.05) is 32.9 Å². The lowest BCUT2D eigenvalue weighted by molar-refractivity contribution is 0.0245. The summed E-state index contributed by atoms with van der Waals surface area (Å²) in [5.74, 6) is -0.111. The molecule has 0 bridgehead atoms. The van der Waals surface area contributed by atoms with Gasteiger partial charge in [-0.25, -0.2) is 13.9 Å². The monoisotopic (exact) mass is 416 g/mol. The number of carbonyl (C=O) groups is 2. The standard InChI is InChI=1S/C22H29FN4O3/c1-22(2,3)30-21(29)25(4)15-16-9-12-26(13-10-16)20(28)19-11-14-27(24-19)18-7-5-17(23)6-8-18/h5-8,11,14,16H,9-10,12-13,15H2,1-4H3. The zero-order valence-corrected chi connectivity index (χ0v) is 18.0. The molecular formula is C22H29FN4O3. The lowest BCUT2D eigenvalue weighted by atomic mass is 9.96. The summed E-state index contributed by atoms with van der Waals surface area (Å²) in [6.07, 6.45) is 3.00. The molecule has 8 heteroatoms. The molecule has 2 heterocycles. The van der Waals surface area contributed by atoms with Gasteiger partial charge in [-0.1, -0.05) is 0 Å². The molecule has 162 valence electrons. The summed E-state index contributed by atoms with van der Waals surface area (Å²) in [6.45, 7) is 7.39. The first-order chi connectivity index (χ1) is 14.1. The largest absolute Gasteiger partial charge is 0.444 e. The lowest BCUT2D eigenvalue weighted by Gasteiger charge is -2.34. The number of ether oxygens (including phenoxy) is 1. The predicted molar refractivity (Wildman–Crippen MR) is 111 cm³/mol. The predicted octanol–water partition coefficient (Wildman–Crippen LogP) is 3.73. The first-order valence-corrected chi connectivity index (χ1v) is 10.2. The topological polar surface area (TPSA) is 67.7 Å². The van der Waals surface area contributed by atoms with Crippen LogP contribution in [0, 0.1) is 11.7 Å². The Morgan fingerprint density at radius 3 is 2.40 bits per heavy atom. The number of amides is 2. The molecule has 1 aromatic carbocycles. The van der Waals surface area contributed by atoms with E-state index in [9.17, 15) is 14.0 Å². The van der Waals surface area contributed by atoms with Crippen molar-refractivity contribution in [3.63, 3.8) is 0 Å². The van der Waals surface area contributed by atoms with Crippen LogP contribution in [0.2, 0.25) is 0 Å². The second-order valence-electron chi connectivity index (χ2n) is 8.72. The second kappa shape index (κ2) is 8.85. The number of hydrogen-bond acceptors (Lipinski definition) is 4. The van der Waals surface area contributed by atoms with Gasteiger partial charge in [-0.05, 0) is 69.9 Å². The van der Waals surface area contributed by atoms with Crippen molar-refractivity contribution in [2.24, 2.45) is 5.92 Å². The maximum Gasteiger partial charge on any atom is 0.410 e. The summed E-state index contributed by atoms with van der Waals surface area (Å²) >= 11 is 0. The number of piperidine rings is 1. The third-order valence-corrected chi connectivity index (χ3v) is 5.04.